The van der Waals surface area contributed by atoms with Crippen molar-refractivity contribution in [2.24, 2.45) is 5.41 Å². The number of carbonyl (C=O) groups is 1. The highest BCUT2D eigenvalue weighted by Crippen LogP contribution is 2.26. The zero-order valence-electron chi connectivity index (χ0n) is 11.8. The van der Waals surface area contributed by atoms with Crippen molar-refractivity contribution >= 4 is 5.97 Å². The van der Waals surface area contributed by atoms with Gasteiger partial charge in [-0.15, -0.1) is 0 Å². The minimum Gasteiger partial charge on any atom is -0.492 e. The van der Waals surface area contributed by atoms with Gasteiger partial charge in [0.15, 0.2) is 11.6 Å². The zero-order valence-corrected chi connectivity index (χ0v) is 11.8. The van der Waals surface area contributed by atoms with E-state index in [0.29, 0.717) is 5.56 Å². The molecule has 102 valence electrons. The third kappa shape index (κ3) is 3.72. The maximum atomic E-state index is 14.1. The Morgan fingerprint density at radius 2 is 1.89 bits per heavy atom. The molecule has 1 aromatic carbocycles. The molecule has 0 aliphatic carbocycles. The molecule has 0 spiro atoms. The Morgan fingerprint density at radius 3 is 2.37 bits per heavy atom. The summed E-state index contributed by atoms with van der Waals surface area (Å²) in [6.45, 7) is 5.85. The van der Waals surface area contributed by atoms with Gasteiger partial charge in [0, 0.05) is 5.41 Å². The average molecular weight is 264 g/mol. The standard InChI is InChI=1S/C15H17FO3/c1-15(2,3)9-8-10-6-7-11(14(17)19-5)12(16)13(10)18-4/h6-7H,1-5H3. The predicted molar refractivity (Wildman–Crippen MR) is 70.6 cm³/mol. The molecule has 0 heterocycles. The third-order valence-electron chi connectivity index (χ3n) is 2.28. The molecule has 3 nitrogen and oxygen atoms in total. The van der Waals surface area contributed by atoms with E-state index in [1.54, 1.807) is 6.07 Å². The summed E-state index contributed by atoms with van der Waals surface area (Å²) in [5.74, 6) is 4.31. The van der Waals surface area contributed by atoms with Crippen molar-refractivity contribution in [3.63, 3.8) is 0 Å². The fourth-order valence-corrected chi connectivity index (χ4v) is 1.38. The van der Waals surface area contributed by atoms with Gasteiger partial charge in [0.25, 0.3) is 0 Å². The molecule has 0 radical (unpaired) electrons. The molecule has 0 fully saturated rings. The van der Waals surface area contributed by atoms with Gasteiger partial charge in [-0.2, -0.15) is 0 Å². The second-order valence-electron chi connectivity index (χ2n) is 5.00. The van der Waals surface area contributed by atoms with Gasteiger partial charge >= 0.3 is 5.97 Å². The van der Waals surface area contributed by atoms with E-state index in [-0.39, 0.29) is 16.7 Å². The first-order valence-electron chi connectivity index (χ1n) is 5.78. The predicted octanol–water partition coefficient (Wildman–Crippen LogP) is 3.02. The van der Waals surface area contributed by atoms with E-state index in [2.05, 4.69) is 16.6 Å². The molecule has 0 atom stereocenters. The van der Waals surface area contributed by atoms with Gasteiger partial charge < -0.3 is 9.47 Å². The van der Waals surface area contributed by atoms with Crippen LogP contribution in [0.4, 0.5) is 4.39 Å². The largest absolute Gasteiger partial charge is 0.492 e. The van der Waals surface area contributed by atoms with E-state index in [0.717, 1.165) is 0 Å². The molecule has 0 unspecified atom stereocenters. The van der Waals surface area contributed by atoms with E-state index >= 15 is 0 Å². The molecule has 0 aliphatic heterocycles. The Morgan fingerprint density at radius 1 is 1.26 bits per heavy atom. The van der Waals surface area contributed by atoms with E-state index in [1.165, 1.54) is 20.3 Å². The minimum absolute atomic E-state index is 0.0420. The first-order valence-corrected chi connectivity index (χ1v) is 5.78. The number of benzene rings is 1. The van der Waals surface area contributed by atoms with Crippen molar-refractivity contribution in [1.82, 2.24) is 0 Å². The fourth-order valence-electron chi connectivity index (χ4n) is 1.38. The lowest BCUT2D eigenvalue weighted by Crippen LogP contribution is -2.07. The lowest BCUT2D eigenvalue weighted by atomic mass is 9.97. The molecule has 0 saturated carbocycles. The van der Waals surface area contributed by atoms with Gasteiger partial charge in [0.2, 0.25) is 0 Å². The van der Waals surface area contributed by atoms with E-state index in [4.69, 9.17) is 4.74 Å². The Bertz CT molecular complexity index is 545. The summed E-state index contributed by atoms with van der Waals surface area (Å²) in [6, 6.07) is 2.89. The van der Waals surface area contributed by atoms with Crippen LogP contribution in [-0.4, -0.2) is 20.2 Å². The van der Waals surface area contributed by atoms with Crippen LogP contribution in [0.3, 0.4) is 0 Å². The number of methoxy groups -OCH3 is 2. The summed E-state index contributed by atoms with van der Waals surface area (Å²) in [5.41, 5.74) is 0.0333. The number of hydrogen-bond donors (Lipinski definition) is 0. The van der Waals surface area contributed by atoms with E-state index in [1.807, 2.05) is 20.8 Å². The van der Waals surface area contributed by atoms with Crippen molar-refractivity contribution in [1.29, 1.82) is 0 Å². The lowest BCUT2D eigenvalue weighted by Gasteiger charge is -2.10. The highest BCUT2D eigenvalue weighted by Gasteiger charge is 2.19. The number of rotatable bonds is 2. The third-order valence-corrected chi connectivity index (χ3v) is 2.28. The molecule has 0 amide bonds. The number of carbonyl (C=O) groups excluding carboxylic acids is 1. The average Bonchev–Trinajstić information content (AvgIpc) is 2.34. The molecule has 19 heavy (non-hydrogen) atoms. The molecule has 0 bridgehead atoms. The lowest BCUT2D eigenvalue weighted by molar-refractivity contribution is 0.0594. The Hall–Kier alpha value is -2.02. The van der Waals surface area contributed by atoms with Gasteiger partial charge in [-0.25, -0.2) is 9.18 Å². The van der Waals surface area contributed by atoms with Crippen molar-refractivity contribution in [3.8, 4) is 17.6 Å². The smallest absolute Gasteiger partial charge is 0.340 e. The summed E-state index contributed by atoms with van der Waals surface area (Å²) in [7, 11) is 2.53. The number of halogens is 1. The molecule has 0 aromatic heterocycles. The van der Waals surface area contributed by atoms with E-state index < -0.39 is 11.8 Å². The first kappa shape index (κ1) is 15.0. The van der Waals surface area contributed by atoms with Crippen LogP contribution in [0.25, 0.3) is 0 Å². The maximum absolute atomic E-state index is 14.1. The highest BCUT2D eigenvalue weighted by atomic mass is 19.1. The van der Waals surface area contributed by atoms with Crippen molar-refractivity contribution < 1.29 is 18.7 Å². The first-order chi connectivity index (χ1) is 8.80. The van der Waals surface area contributed by atoms with Gasteiger partial charge in [0.05, 0.1) is 25.3 Å². The van der Waals surface area contributed by atoms with Crippen molar-refractivity contribution in [3.05, 3.63) is 29.1 Å². The normalized spacial score (nSPS) is 10.4. The molecule has 1 aromatic rings. The van der Waals surface area contributed by atoms with Crippen LogP contribution in [0.15, 0.2) is 12.1 Å². The van der Waals surface area contributed by atoms with Crippen molar-refractivity contribution in [2.75, 3.05) is 14.2 Å². The van der Waals surface area contributed by atoms with Crippen molar-refractivity contribution in [2.45, 2.75) is 20.8 Å². The van der Waals surface area contributed by atoms with Crippen LogP contribution >= 0.6 is 0 Å². The molecule has 0 aliphatic rings. The number of hydrogen-bond acceptors (Lipinski definition) is 3. The summed E-state index contributed by atoms with van der Waals surface area (Å²) in [4.78, 5) is 11.4. The fraction of sp³-hybridized carbons (Fsp3) is 0.400. The van der Waals surface area contributed by atoms with Crippen LogP contribution in [0.2, 0.25) is 0 Å². The monoisotopic (exact) mass is 264 g/mol. The van der Waals surface area contributed by atoms with Crippen LogP contribution in [-0.2, 0) is 4.74 Å². The maximum Gasteiger partial charge on any atom is 0.340 e. The topological polar surface area (TPSA) is 35.5 Å². The second kappa shape index (κ2) is 5.75. The SMILES string of the molecule is COC(=O)c1ccc(C#CC(C)(C)C)c(OC)c1F. The quantitative estimate of drug-likeness (QED) is 0.608. The molecule has 0 saturated heterocycles. The Balaban J connectivity index is 3.33. The number of ether oxygens (including phenoxy) is 2. The number of esters is 1. The van der Waals surface area contributed by atoms with Gasteiger partial charge in [-0.1, -0.05) is 11.8 Å². The Labute approximate surface area is 112 Å². The van der Waals surface area contributed by atoms with Gasteiger partial charge in [-0.3, -0.25) is 0 Å². The van der Waals surface area contributed by atoms with Gasteiger partial charge in [-0.05, 0) is 32.9 Å². The van der Waals surface area contributed by atoms with Crippen LogP contribution < -0.4 is 4.74 Å². The van der Waals surface area contributed by atoms with Crippen LogP contribution in [0.1, 0.15) is 36.7 Å². The molecular formula is C15H17FO3. The van der Waals surface area contributed by atoms with Crippen LogP contribution in [0, 0.1) is 23.1 Å². The molecule has 4 heteroatoms. The van der Waals surface area contributed by atoms with Gasteiger partial charge in [0.1, 0.15) is 0 Å². The summed E-state index contributed by atoms with van der Waals surface area (Å²) in [5, 5.41) is 0. The highest BCUT2D eigenvalue weighted by molar-refractivity contribution is 5.90. The van der Waals surface area contributed by atoms with Crippen LogP contribution in [0.5, 0.6) is 5.75 Å². The Kier molecular flexibility index (Phi) is 4.55. The van der Waals surface area contributed by atoms with E-state index in [9.17, 15) is 9.18 Å². The second-order valence-corrected chi connectivity index (χ2v) is 5.00. The molecular weight excluding hydrogens is 247 g/mol. The summed E-state index contributed by atoms with van der Waals surface area (Å²) >= 11 is 0. The zero-order chi connectivity index (χ0) is 14.6. The molecule has 1 rings (SSSR count). The molecule has 0 N–H and O–H groups in total. The minimum atomic E-state index is -0.755. The summed E-state index contributed by atoms with van der Waals surface area (Å²) < 4.78 is 23.6. The summed E-state index contributed by atoms with van der Waals surface area (Å²) in [6.07, 6.45) is 0.